The molecule has 28 heavy (non-hydrogen) atoms. The Hall–Kier alpha value is -4.47. The van der Waals surface area contributed by atoms with Crippen LogP contribution in [0.4, 0.5) is 0 Å². The Bertz CT molecular complexity index is 914. The first-order valence-electron chi connectivity index (χ1n) is 8.20. The molecule has 0 N–H and O–H groups in total. The summed E-state index contributed by atoms with van der Waals surface area (Å²) in [5.74, 6) is 1.35. The Morgan fingerprint density at radius 1 is 0.464 bits per heavy atom. The van der Waals surface area contributed by atoms with Crippen molar-refractivity contribution in [3.63, 3.8) is 0 Å². The average molecular weight is 367 g/mol. The molecule has 0 aromatic heterocycles. The highest BCUT2D eigenvalue weighted by Gasteiger charge is 2.15. The molecule has 0 aliphatic carbocycles. The van der Waals surface area contributed by atoms with Gasteiger partial charge in [0.25, 0.3) is 0 Å². The number of nitriles is 3. The van der Waals surface area contributed by atoms with E-state index in [1.165, 1.54) is 0 Å². The largest absolute Gasteiger partial charge is 0.423 e. The van der Waals surface area contributed by atoms with E-state index in [0.29, 0.717) is 33.9 Å². The number of hydrogen-bond acceptors (Lipinski definition) is 6. The van der Waals surface area contributed by atoms with Gasteiger partial charge in [0.1, 0.15) is 17.2 Å². The molecule has 0 saturated carbocycles. The lowest BCUT2D eigenvalue weighted by Crippen LogP contribution is -2.30. The van der Waals surface area contributed by atoms with Gasteiger partial charge < -0.3 is 14.2 Å². The molecule has 3 aromatic rings. The fraction of sp³-hybridized carbons (Fsp3) is 0.0455. The summed E-state index contributed by atoms with van der Waals surface area (Å²) in [5.41, 5.74) is 1.51. The van der Waals surface area contributed by atoms with Crippen LogP contribution in [0, 0.1) is 34.0 Å². The zero-order chi connectivity index (χ0) is 19.8. The zero-order valence-electron chi connectivity index (χ0n) is 14.6. The standard InChI is InChI=1S/C22H13N3O3/c23-13-16-1-7-19(8-2-16)26-22(27-20-9-3-17(14-24)4-10-20)28-21-11-5-18(15-25)6-12-21/h1-12,22H. The van der Waals surface area contributed by atoms with Crippen molar-refractivity contribution in [2.75, 3.05) is 0 Å². The molecule has 3 rings (SSSR count). The van der Waals surface area contributed by atoms with Crippen LogP contribution in [-0.4, -0.2) is 6.48 Å². The van der Waals surface area contributed by atoms with Crippen LogP contribution in [-0.2, 0) is 0 Å². The van der Waals surface area contributed by atoms with Gasteiger partial charge >= 0.3 is 6.48 Å². The third-order valence-electron chi connectivity index (χ3n) is 3.65. The van der Waals surface area contributed by atoms with Gasteiger partial charge in [0.05, 0.1) is 34.9 Å². The van der Waals surface area contributed by atoms with Crippen molar-refractivity contribution in [3.8, 4) is 35.5 Å². The quantitative estimate of drug-likeness (QED) is 0.608. The number of hydrogen-bond donors (Lipinski definition) is 0. The van der Waals surface area contributed by atoms with Crippen LogP contribution in [0.25, 0.3) is 0 Å². The molecular formula is C22H13N3O3. The van der Waals surface area contributed by atoms with Crippen LogP contribution in [0.15, 0.2) is 72.8 Å². The highest BCUT2D eigenvalue weighted by atomic mass is 16.8. The van der Waals surface area contributed by atoms with E-state index in [2.05, 4.69) is 0 Å². The van der Waals surface area contributed by atoms with E-state index in [0.717, 1.165) is 0 Å². The molecule has 6 nitrogen and oxygen atoms in total. The fourth-order valence-corrected chi connectivity index (χ4v) is 2.23. The van der Waals surface area contributed by atoms with E-state index in [1.54, 1.807) is 72.8 Å². The maximum absolute atomic E-state index is 8.90. The molecule has 0 fully saturated rings. The van der Waals surface area contributed by atoms with Crippen molar-refractivity contribution < 1.29 is 14.2 Å². The number of benzene rings is 3. The van der Waals surface area contributed by atoms with Gasteiger partial charge in [-0.2, -0.15) is 15.8 Å². The second-order valence-corrected chi connectivity index (χ2v) is 5.55. The molecule has 0 radical (unpaired) electrons. The van der Waals surface area contributed by atoms with Gasteiger partial charge in [0, 0.05) is 0 Å². The number of ether oxygens (including phenoxy) is 3. The molecule has 0 amide bonds. The molecule has 0 bridgehead atoms. The van der Waals surface area contributed by atoms with Gasteiger partial charge in [-0.3, -0.25) is 0 Å². The van der Waals surface area contributed by atoms with Crippen molar-refractivity contribution in [1.29, 1.82) is 15.8 Å². The number of rotatable bonds is 6. The Morgan fingerprint density at radius 3 is 0.929 bits per heavy atom. The molecular weight excluding hydrogens is 354 g/mol. The third kappa shape index (κ3) is 4.79. The molecule has 0 atom stereocenters. The van der Waals surface area contributed by atoms with Crippen molar-refractivity contribution in [3.05, 3.63) is 89.5 Å². The predicted octanol–water partition coefficient (Wildman–Crippen LogP) is 4.12. The van der Waals surface area contributed by atoms with Gasteiger partial charge in [0.2, 0.25) is 0 Å². The van der Waals surface area contributed by atoms with Crippen LogP contribution in [0.5, 0.6) is 17.2 Å². The van der Waals surface area contributed by atoms with Crippen molar-refractivity contribution in [1.82, 2.24) is 0 Å². The molecule has 0 heterocycles. The average Bonchev–Trinajstić information content (AvgIpc) is 2.75. The summed E-state index contributed by atoms with van der Waals surface area (Å²) in [6.45, 7) is -1.13. The predicted molar refractivity (Wildman–Crippen MR) is 99.1 cm³/mol. The second-order valence-electron chi connectivity index (χ2n) is 5.55. The Labute approximate surface area is 162 Å². The summed E-state index contributed by atoms with van der Waals surface area (Å²) >= 11 is 0. The monoisotopic (exact) mass is 367 g/mol. The van der Waals surface area contributed by atoms with E-state index in [1.807, 2.05) is 18.2 Å². The minimum atomic E-state index is -1.13. The van der Waals surface area contributed by atoms with Gasteiger partial charge in [-0.05, 0) is 72.8 Å². The summed E-state index contributed by atoms with van der Waals surface area (Å²) < 4.78 is 17.3. The van der Waals surface area contributed by atoms with E-state index in [4.69, 9.17) is 30.0 Å². The first kappa shape index (κ1) is 18.3. The second kappa shape index (κ2) is 8.76. The summed E-state index contributed by atoms with van der Waals surface area (Å²) in [5, 5.41) is 26.7. The topological polar surface area (TPSA) is 99.1 Å². The van der Waals surface area contributed by atoms with E-state index in [-0.39, 0.29) is 0 Å². The molecule has 134 valence electrons. The third-order valence-corrected chi connectivity index (χ3v) is 3.65. The first-order chi connectivity index (χ1) is 13.7. The molecule has 0 unspecified atom stereocenters. The van der Waals surface area contributed by atoms with Crippen LogP contribution < -0.4 is 14.2 Å². The minimum absolute atomic E-state index is 0.450. The van der Waals surface area contributed by atoms with Crippen LogP contribution in [0.2, 0.25) is 0 Å². The molecule has 0 aliphatic heterocycles. The zero-order valence-corrected chi connectivity index (χ0v) is 14.6. The van der Waals surface area contributed by atoms with Gasteiger partial charge in [-0.1, -0.05) is 0 Å². The lowest BCUT2D eigenvalue weighted by atomic mass is 10.2. The maximum Gasteiger partial charge on any atom is 0.406 e. The Balaban J connectivity index is 1.79. The Kier molecular flexibility index (Phi) is 5.73. The van der Waals surface area contributed by atoms with Crippen molar-refractivity contribution >= 4 is 0 Å². The Morgan fingerprint density at radius 2 is 0.714 bits per heavy atom. The first-order valence-corrected chi connectivity index (χ1v) is 8.20. The molecule has 0 saturated heterocycles. The van der Waals surface area contributed by atoms with Crippen molar-refractivity contribution in [2.45, 2.75) is 6.48 Å². The van der Waals surface area contributed by atoms with Gasteiger partial charge in [-0.15, -0.1) is 0 Å². The van der Waals surface area contributed by atoms with Gasteiger partial charge in [-0.25, -0.2) is 0 Å². The van der Waals surface area contributed by atoms with Gasteiger partial charge in [0.15, 0.2) is 0 Å². The summed E-state index contributed by atoms with van der Waals surface area (Å²) in [4.78, 5) is 0. The lowest BCUT2D eigenvalue weighted by Gasteiger charge is -2.21. The smallest absolute Gasteiger partial charge is 0.406 e. The summed E-state index contributed by atoms with van der Waals surface area (Å²) in [7, 11) is 0. The maximum atomic E-state index is 8.90. The SMILES string of the molecule is N#Cc1ccc(OC(Oc2ccc(C#N)cc2)Oc2ccc(C#N)cc2)cc1. The normalized spacial score (nSPS) is 9.64. The van der Waals surface area contributed by atoms with E-state index >= 15 is 0 Å². The highest BCUT2D eigenvalue weighted by molar-refractivity contribution is 5.37. The molecule has 3 aromatic carbocycles. The summed E-state index contributed by atoms with van der Waals surface area (Å²) in [6, 6.07) is 25.6. The van der Waals surface area contributed by atoms with E-state index in [9.17, 15) is 0 Å². The van der Waals surface area contributed by atoms with Crippen LogP contribution >= 0.6 is 0 Å². The van der Waals surface area contributed by atoms with E-state index < -0.39 is 6.48 Å². The van der Waals surface area contributed by atoms with Crippen LogP contribution in [0.3, 0.4) is 0 Å². The number of nitrogens with zero attached hydrogens (tertiary/aromatic N) is 3. The van der Waals surface area contributed by atoms with Crippen LogP contribution in [0.1, 0.15) is 16.7 Å². The molecule has 0 spiro atoms. The summed E-state index contributed by atoms with van der Waals surface area (Å²) in [6.07, 6.45) is 0. The minimum Gasteiger partial charge on any atom is -0.423 e. The highest BCUT2D eigenvalue weighted by Crippen LogP contribution is 2.21. The fourth-order valence-electron chi connectivity index (χ4n) is 2.23. The molecule has 0 aliphatic rings. The lowest BCUT2D eigenvalue weighted by molar-refractivity contribution is -0.140. The molecule has 6 heteroatoms. The van der Waals surface area contributed by atoms with Crippen molar-refractivity contribution in [2.24, 2.45) is 0 Å².